The van der Waals surface area contributed by atoms with Crippen LogP contribution in [-0.4, -0.2) is 31.8 Å². The van der Waals surface area contributed by atoms with Crippen molar-refractivity contribution < 1.29 is 23.5 Å². The zero-order valence-electron chi connectivity index (χ0n) is 17.3. The van der Waals surface area contributed by atoms with Crippen molar-refractivity contribution in [1.82, 2.24) is 0 Å². The van der Waals surface area contributed by atoms with Gasteiger partial charge >= 0.3 is 0 Å². The summed E-state index contributed by atoms with van der Waals surface area (Å²) >= 11 is 4.45. The number of carbonyl (C=O) groups is 2. The lowest BCUT2D eigenvalue weighted by atomic mass is 10.2. The normalized spacial score (nSPS) is 10.4. The van der Waals surface area contributed by atoms with Crippen LogP contribution in [0.3, 0.4) is 0 Å². The molecular weight excluding hydrogens is 499 g/mol. The lowest BCUT2D eigenvalue weighted by molar-refractivity contribution is -0.113. The molecule has 0 aliphatic rings. The van der Waals surface area contributed by atoms with E-state index in [1.807, 2.05) is 6.07 Å². The third kappa shape index (κ3) is 6.24. The number of ether oxygens (including phenoxy) is 2. The third-order valence-corrected chi connectivity index (χ3v) is 5.80. The Morgan fingerprint density at radius 3 is 2.47 bits per heavy atom. The Balaban J connectivity index is 1.60. The number of benzene rings is 3. The lowest BCUT2D eigenvalue weighted by Crippen LogP contribution is -2.15. The molecule has 3 aromatic rings. The molecule has 0 heterocycles. The molecule has 2 N–H and O–H groups in total. The van der Waals surface area contributed by atoms with Crippen molar-refractivity contribution in [2.45, 2.75) is 4.90 Å². The number of halogens is 2. The number of anilines is 2. The van der Waals surface area contributed by atoms with Gasteiger partial charge in [-0.05, 0) is 54.6 Å². The summed E-state index contributed by atoms with van der Waals surface area (Å²) in [4.78, 5) is 25.6. The minimum absolute atomic E-state index is 0.0859. The molecule has 6 nitrogen and oxygen atoms in total. The van der Waals surface area contributed by atoms with Gasteiger partial charge in [-0.15, -0.1) is 11.8 Å². The molecule has 0 bridgehead atoms. The van der Waals surface area contributed by atoms with Crippen LogP contribution in [0.1, 0.15) is 10.4 Å². The highest BCUT2D eigenvalue weighted by Crippen LogP contribution is 2.28. The molecule has 0 atom stereocenters. The Morgan fingerprint density at radius 1 is 0.969 bits per heavy atom. The smallest absolute Gasteiger partial charge is 0.255 e. The van der Waals surface area contributed by atoms with Crippen molar-refractivity contribution in [2.24, 2.45) is 0 Å². The monoisotopic (exact) mass is 518 g/mol. The van der Waals surface area contributed by atoms with Gasteiger partial charge in [0.25, 0.3) is 5.91 Å². The molecule has 0 fully saturated rings. The molecule has 0 spiro atoms. The first-order valence-corrected chi connectivity index (χ1v) is 11.2. The van der Waals surface area contributed by atoms with Gasteiger partial charge < -0.3 is 20.1 Å². The highest BCUT2D eigenvalue weighted by atomic mass is 79.9. The van der Waals surface area contributed by atoms with E-state index in [4.69, 9.17) is 9.47 Å². The van der Waals surface area contributed by atoms with Gasteiger partial charge in [0.05, 0.1) is 25.7 Å². The zero-order valence-corrected chi connectivity index (χ0v) is 19.7. The summed E-state index contributed by atoms with van der Waals surface area (Å²) in [7, 11) is 3.03. The summed E-state index contributed by atoms with van der Waals surface area (Å²) in [6.45, 7) is 0. The Morgan fingerprint density at radius 2 is 1.75 bits per heavy atom. The molecule has 0 aliphatic heterocycles. The zero-order chi connectivity index (χ0) is 23.1. The van der Waals surface area contributed by atoms with E-state index in [2.05, 4.69) is 26.6 Å². The Labute approximate surface area is 197 Å². The number of thioether (sulfide) groups is 1. The maximum absolute atomic E-state index is 13.9. The van der Waals surface area contributed by atoms with Crippen LogP contribution in [0.5, 0.6) is 11.5 Å². The van der Waals surface area contributed by atoms with Gasteiger partial charge in [-0.2, -0.15) is 0 Å². The topological polar surface area (TPSA) is 76.7 Å². The fourth-order valence-corrected chi connectivity index (χ4v) is 3.86. The second-order valence-corrected chi connectivity index (χ2v) is 8.48. The summed E-state index contributed by atoms with van der Waals surface area (Å²) in [5, 5.41) is 5.37. The molecule has 166 valence electrons. The fourth-order valence-electron chi connectivity index (χ4n) is 2.77. The molecule has 0 saturated carbocycles. The molecule has 9 heteroatoms. The number of hydrogen-bond donors (Lipinski definition) is 2. The number of amides is 2. The van der Waals surface area contributed by atoms with Crippen LogP contribution >= 0.6 is 27.7 Å². The van der Waals surface area contributed by atoms with Crippen LogP contribution in [0.4, 0.5) is 15.8 Å². The Kier molecular flexibility index (Phi) is 8.13. The largest absolute Gasteiger partial charge is 0.493 e. The Bertz CT molecular complexity index is 1140. The SMILES string of the molecule is COc1ccc(C(=O)Nc2cccc(SCC(=O)Nc3ccc(Br)cc3F)c2)cc1OC. The maximum Gasteiger partial charge on any atom is 0.255 e. The first-order valence-electron chi connectivity index (χ1n) is 9.40. The predicted octanol–water partition coefficient (Wildman–Crippen LogP) is 5.59. The van der Waals surface area contributed by atoms with Crippen LogP contribution in [0.25, 0.3) is 0 Å². The van der Waals surface area contributed by atoms with Crippen molar-refractivity contribution in [3.63, 3.8) is 0 Å². The van der Waals surface area contributed by atoms with Crippen molar-refractivity contribution >= 4 is 50.9 Å². The van der Waals surface area contributed by atoms with Crippen LogP contribution in [-0.2, 0) is 4.79 Å². The summed E-state index contributed by atoms with van der Waals surface area (Å²) in [5.74, 6) is -0.0886. The van der Waals surface area contributed by atoms with Gasteiger partial charge in [0.15, 0.2) is 11.5 Å². The molecule has 0 radical (unpaired) electrons. The number of carbonyl (C=O) groups excluding carboxylic acids is 2. The van der Waals surface area contributed by atoms with Gasteiger partial charge in [-0.25, -0.2) is 4.39 Å². The molecule has 2 amide bonds. The third-order valence-electron chi connectivity index (χ3n) is 4.31. The molecule has 0 aliphatic carbocycles. The fraction of sp³-hybridized carbons (Fsp3) is 0.130. The van der Waals surface area contributed by atoms with E-state index in [-0.39, 0.29) is 23.3 Å². The van der Waals surface area contributed by atoms with Crippen LogP contribution in [0.2, 0.25) is 0 Å². The van der Waals surface area contributed by atoms with E-state index < -0.39 is 5.82 Å². The second-order valence-electron chi connectivity index (χ2n) is 6.51. The van der Waals surface area contributed by atoms with E-state index in [1.54, 1.807) is 42.5 Å². The van der Waals surface area contributed by atoms with E-state index in [9.17, 15) is 14.0 Å². The molecule has 0 saturated heterocycles. The molecule has 3 rings (SSSR count). The summed E-state index contributed by atoms with van der Waals surface area (Å²) in [5.41, 5.74) is 1.11. The molecule has 0 unspecified atom stereocenters. The standard InChI is InChI=1S/C23H20BrFN2O4S/c1-30-20-9-6-14(10-21(20)31-2)23(29)26-16-4-3-5-17(12-16)32-13-22(28)27-19-8-7-15(24)11-18(19)25/h3-12H,13H2,1-2H3,(H,26,29)(H,27,28). The number of nitrogens with one attached hydrogen (secondary N) is 2. The minimum atomic E-state index is -0.516. The van der Waals surface area contributed by atoms with Gasteiger partial charge in [-0.3, -0.25) is 9.59 Å². The Hall–Kier alpha value is -3.04. The van der Waals surface area contributed by atoms with E-state index >= 15 is 0 Å². The van der Waals surface area contributed by atoms with Gasteiger partial charge in [0, 0.05) is 20.6 Å². The number of methoxy groups -OCH3 is 2. The van der Waals surface area contributed by atoms with Crippen LogP contribution in [0, 0.1) is 5.82 Å². The van der Waals surface area contributed by atoms with Gasteiger partial charge in [0.1, 0.15) is 5.82 Å². The average molecular weight is 519 g/mol. The molecule has 3 aromatic carbocycles. The highest BCUT2D eigenvalue weighted by Gasteiger charge is 2.12. The summed E-state index contributed by atoms with van der Waals surface area (Å²) in [6, 6.07) is 16.4. The average Bonchev–Trinajstić information content (AvgIpc) is 2.79. The lowest BCUT2D eigenvalue weighted by Gasteiger charge is -2.11. The van der Waals surface area contributed by atoms with Crippen molar-refractivity contribution in [1.29, 1.82) is 0 Å². The molecule has 32 heavy (non-hydrogen) atoms. The van der Waals surface area contributed by atoms with E-state index in [1.165, 1.54) is 38.1 Å². The van der Waals surface area contributed by atoms with Crippen LogP contribution < -0.4 is 20.1 Å². The number of hydrogen-bond acceptors (Lipinski definition) is 5. The summed E-state index contributed by atoms with van der Waals surface area (Å²) in [6.07, 6.45) is 0. The van der Waals surface area contributed by atoms with Gasteiger partial charge in [0.2, 0.25) is 5.91 Å². The highest BCUT2D eigenvalue weighted by molar-refractivity contribution is 9.10. The van der Waals surface area contributed by atoms with E-state index in [0.717, 1.165) is 4.90 Å². The van der Waals surface area contributed by atoms with Crippen molar-refractivity contribution in [2.75, 3.05) is 30.6 Å². The van der Waals surface area contributed by atoms with Crippen LogP contribution in [0.15, 0.2) is 70.0 Å². The summed E-state index contributed by atoms with van der Waals surface area (Å²) < 4.78 is 24.9. The maximum atomic E-state index is 13.9. The minimum Gasteiger partial charge on any atom is -0.493 e. The van der Waals surface area contributed by atoms with Crippen molar-refractivity contribution in [3.8, 4) is 11.5 Å². The second kappa shape index (κ2) is 11.0. The van der Waals surface area contributed by atoms with Crippen molar-refractivity contribution in [3.05, 3.63) is 76.5 Å². The quantitative estimate of drug-likeness (QED) is 0.380. The number of rotatable bonds is 8. The first kappa shape index (κ1) is 23.6. The predicted molar refractivity (Wildman–Crippen MR) is 127 cm³/mol. The first-order chi connectivity index (χ1) is 15.4. The molecular formula is C23H20BrFN2O4S. The molecule has 0 aromatic heterocycles. The van der Waals surface area contributed by atoms with Gasteiger partial charge in [-0.1, -0.05) is 22.0 Å². The van der Waals surface area contributed by atoms with E-state index in [0.29, 0.717) is 27.2 Å².